The van der Waals surface area contributed by atoms with Crippen LogP contribution in [0.25, 0.3) is 0 Å². The SMILES string of the molecule is NC1=NC(O)C([C@@H]2O[C@H](CO)[C@H](O)C2O)=CN1. The Kier molecular flexibility index (Phi) is 3.31. The second kappa shape index (κ2) is 4.59. The van der Waals surface area contributed by atoms with Crippen molar-refractivity contribution in [2.75, 3.05) is 6.61 Å². The Morgan fingerprint density at radius 1 is 1.35 bits per heavy atom. The fourth-order valence-corrected chi connectivity index (χ4v) is 1.88. The van der Waals surface area contributed by atoms with E-state index in [1.54, 1.807) is 0 Å². The summed E-state index contributed by atoms with van der Waals surface area (Å²) in [5, 5.41) is 40.5. The molecule has 5 atom stereocenters. The Labute approximate surface area is 97.0 Å². The molecule has 0 aromatic heterocycles. The lowest BCUT2D eigenvalue weighted by atomic mass is 10.0. The van der Waals surface area contributed by atoms with E-state index in [4.69, 9.17) is 15.6 Å². The lowest BCUT2D eigenvalue weighted by Gasteiger charge is -2.24. The van der Waals surface area contributed by atoms with Gasteiger partial charge in [-0.05, 0) is 0 Å². The van der Waals surface area contributed by atoms with E-state index in [0.717, 1.165) is 0 Å². The second-order valence-corrected chi connectivity index (χ2v) is 3.94. The number of ether oxygens (including phenoxy) is 1. The van der Waals surface area contributed by atoms with Gasteiger partial charge in [-0.1, -0.05) is 0 Å². The summed E-state index contributed by atoms with van der Waals surface area (Å²) in [6.45, 7) is -0.420. The highest BCUT2D eigenvalue weighted by molar-refractivity contribution is 5.80. The third kappa shape index (κ3) is 2.13. The number of nitrogens with two attached hydrogens (primary N) is 1. The van der Waals surface area contributed by atoms with Gasteiger partial charge in [0, 0.05) is 11.8 Å². The first-order valence-electron chi connectivity index (χ1n) is 5.15. The third-order valence-corrected chi connectivity index (χ3v) is 2.82. The molecule has 2 aliphatic heterocycles. The average molecular weight is 245 g/mol. The van der Waals surface area contributed by atoms with Crippen molar-refractivity contribution in [2.24, 2.45) is 10.7 Å². The zero-order valence-electron chi connectivity index (χ0n) is 8.89. The molecule has 17 heavy (non-hydrogen) atoms. The maximum atomic E-state index is 9.75. The van der Waals surface area contributed by atoms with Crippen LogP contribution in [0.4, 0.5) is 0 Å². The van der Waals surface area contributed by atoms with Gasteiger partial charge in [0.1, 0.15) is 24.4 Å². The maximum Gasteiger partial charge on any atom is 0.195 e. The first-order valence-corrected chi connectivity index (χ1v) is 5.15. The van der Waals surface area contributed by atoms with E-state index in [1.165, 1.54) is 6.20 Å². The van der Waals surface area contributed by atoms with Crippen LogP contribution in [0.2, 0.25) is 0 Å². The fourth-order valence-electron chi connectivity index (χ4n) is 1.88. The van der Waals surface area contributed by atoms with Gasteiger partial charge in [0.2, 0.25) is 0 Å². The van der Waals surface area contributed by atoms with Gasteiger partial charge in [0.25, 0.3) is 0 Å². The minimum atomic E-state index is -1.24. The molecule has 7 N–H and O–H groups in total. The summed E-state index contributed by atoms with van der Waals surface area (Å²) in [5.41, 5.74) is 5.59. The first kappa shape index (κ1) is 12.3. The largest absolute Gasteiger partial charge is 0.394 e. The predicted molar refractivity (Wildman–Crippen MR) is 56.6 cm³/mol. The van der Waals surface area contributed by atoms with Crippen molar-refractivity contribution < 1.29 is 25.2 Å². The van der Waals surface area contributed by atoms with Gasteiger partial charge in [-0.2, -0.15) is 0 Å². The summed E-state index contributed by atoms with van der Waals surface area (Å²) >= 11 is 0. The summed E-state index contributed by atoms with van der Waals surface area (Å²) < 4.78 is 5.25. The van der Waals surface area contributed by atoms with Crippen LogP contribution in [0.5, 0.6) is 0 Å². The maximum absolute atomic E-state index is 9.75. The summed E-state index contributed by atoms with van der Waals surface area (Å²) in [6, 6.07) is 0. The van der Waals surface area contributed by atoms with Crippen LogP contribution in [0, 0.1) is 0 Å². The van der Waals surface area contributed by atoms with Gasteiger partial charge in [-0.25, -0.2) is 4.99 Å². The molecule has 8 heteroatoms. The highest BCUT2D eigenvalue weighted by Gasteiger charge is 2.45. The molecule has 2 unspecified atom stereocenters. The van der Waals surface area contributed by atoms with Crippen LogP contribution >= 0.6 is 0 Å². The van der Waals surface area contributed by atoms with Crippen LogP contribution in [0.3, 0.4) is 0 Å². The van der Waals surface area contributed by atoms with E-state index in [9.17, 15) is 15.3 Å². The van der Waals surface area contributed by atoms with E-state index in [1.807, 2.05) is 0 Å². The van der Waals surface area contributed by atoms with E-state index < -0.39 is 37.3 Å². The molecule has 0 bridgehead atoms. The Balaban J connectivity index is 2.14. The number of hydrogen-bond acceptors (Lipinski definition) is 8. The Morgan fingerprint density at radius 2 is 2.06 bits per heavy atom. The van der Waals surface area contributed by atoms with E-state index in [0.29, 0.717) is 0 Å². The van der Waals surface area contributed by atoms with Gasteiger partial charge in [-0.15, -0.1) is 0 Å². The van der Waals surface area contributed by atoms with Crippen molar-refractivity contribution in [1.82, 2.24) is 5.32 Å². The molecule has 0 saturated carbocycles. The van der Waals surface area contributed by atoms with E-state index in [2.05, 4.69) is 10.3 Å². The zero-order chi connectivity index (χ0) is 12.6. The molecule has 96 valence electrons. The van der Waals surface area contributed by atoms with Crippen LogP contribution in [0.1, 0.15) is 0 Å². The molecule has 0 spiro atoms. The van der Waals surface area contributed by atoms with E-state index in [-0.39, 0.29) is 11.5 Å². The lowest BCUT2D eigenvalue weighted by Crippen LogP contribution is -2.41. The van der Waals surface area contributed by atoms with Gasteiger partial charge >= 0.3 is 0 Å². The van der Waals surface area contributed by atoms with Crippen LogP contribution < -0.4 is 11.1 Å². The normalized spacial score (nSPS) is 41.8. The monoisotopic (exact) mass is 245 g/mol. The van der Waals surface area contributed by atoms with Crippen molar-refractivity contribution in [1.29, 1.82) is 0 Å². The number of aliphatic imine (C=N–C) groups is 1. The van der Waals surface area contributed by atoms with Gasteiger partial charge < -0.3 is 36.2 Å². The Bertz CT molecular complexity index is 359. The molecule has 1 saturated heterocycles. The molecular weight excluding hydrogens is 230 g/mol. The van der Waals surface area contributed by atoms with Crippen LogP contribution in [0.15, 0.2) is 16.8 Å². The predicted octanol–water partition coefficient (Wildman–Crippen LogP) is -3.41. The Morgan fingerprint density at radius 3 is 2.59 bits per heavy atom. The summed E-state index contributed by atoms with van der Waals surface area (Å²) in [6.07, 6.45) is -4.12. The number of aliphatic hydroxyl groups excluding tert-OH is 4. The number of hydrogen-bond donors (Lipinski definition) is 6. The minimum Gasteiger partial charge on any atom is -0.394 e. The highest BCUT2D eigenvalue weighted by atomic mass is 16.6. The van der Waals surface area contributed by atoms with Crippen LogP contribution in [-0.2, 0) is 4.74 Å². The number of aliphatic hydroxyl groups is 4. The number of rotatable bonds is 2. The minimum absolute atomic E-state index is 0.0491. The van der Waals surface area contributed by atoms with Crippen molar-refractivity contribution in [3.8, 4) is 0 Å². The second-order valence-electron chi connectivity index (χ2n) is 3.94. The average Bonchev–Trinajstić information content (AvgIpc) is 2.57. The first-order chi connectivity index (χ1) is 8.04. The molecule has 8 nitrogen and oxygen atoms in total. The number of nitrogens with zero attached hydrogens (tertiary/aromatic N) is 1. The number of nitrogens with one attached hydrogen (secondary N) is 1. The van der Waals surface area contributed by atoms with Crippen molar-refractivity contribution in [2.45, 2.75) is 30.6 Å². The molecule has 0 amide bonds. The molecule has 2 rings (SSSR count). The molecule has 0 aromatic rings. The lowest BCUT2D eigenvalue weighted by molar-refractivity contribution is -0.0177. The molecular formula is C9H15N3O5. The quantitative estimate of drug-likeness (QED) is 0.298. The molecule has 0 aromatic carbocycles. The fraction of sp³-hybridized carbons (Fsp3) is 0.667. The highest BCUT2D eigenvalue weighted by Crippen LogP contribution is 2.28. The van der Waals surface area contributed by atoms with Gasteiger partial charge in [-0.3, -0.25) is 0 Å². The zero-order valence-corrected chi connectivity index (χ0v) is 8.89. The molecule has 2 aliphatic rings. The third-order valence-electron chi connectivity index (χ3n) is 2.82. The van der Waals surface area contributed by atoms with Crippen LogP contribution in [-0.4, -0.2) is 63.6 Å². The molecule has 1 fully saturated rings. The van der Waals surface area contributed by atoms with Crippen molar-refractivity contribution in [3.63, 3.8) is 0 Å². The summed E-state index contributed by atoms with van der Waals surface area (Å²) in [5.74, 6) is 0.0491. The smallest absolute Gasteiger partial charge is 0.195 e. The molecule has 0 aliphatic carbocycles. The van der Waals surface area contributed by atoms with E-state index >= 15 is 0 Å². The molecule has 2 heterocycles. The summed E-state index contributed by atoms with van der Waals surface area (Å²) in [7, 11) is 0. The standard InChI is InChI=1S/C9H15N3O5/c10-9-11-1-3(8(16)12-9)7-6(15)5(14)4(2-13)17-7/h1,4-8,13-16H,2H2,(H3,10,11,12)/t4-,5+,6?,7+,8?/m1/s1. The van der Waals surface area contributed by atoms with Crippen molar-refractivity contribution >= 4 is 5.96 Å². The van der Waals surface area contributed by atoms with Gasteiger partial charge in [0.15, 0.2) is 12.2 Å². The van der Waals surface area contributed by atoms with Crippen molar-refractivity contribution in [3.05, 3.63) is 11.8 Å². The molecule has 0 radical (unpaired) electrons. The topological polar surface area (TPSA) is 141 Å². The number of guanidine groups is 1. The van der Waals surface area contributed by atoms with Gasteiger partial charge in [0.05, 0.1) is 6.61 Å². The summed E-state index contributed by atoms with van der Waals surface area (Å²) in [4.78, 5) is 3.65. The Hall–Kier alpha value is -1.19.